The molecule has 1 amide bonds. The lowest BCUT2D eigenvalue weighted by Gasteiger charge is -2.27. The third kappa shape index (κ3) is 4.90. The van der Waals surface area contributed by atoms with Crippen LogP contribution in [0.4, 0.5) is 5.13 Å². The fourth-order valence-corrected chi connectivity index (χ4v) is 5.02. The van der Waals surface area contributed by atoms with Gasteiger partial charge < -0.3 is 14.4 Å². The van der Waals surface area contributed by atoms with Crippen LogP contribution < -0.4 is 14.4 Å². The molecule has 4 aromatic rings. The highest BCUT2D eigenvalue weighted by Crippen LogP contribution is 2.41. The monoisotopic (exact) mass is 475 g/mol. The number of amides is 1. The van der Waals surface area contributed by atoms with E-state index in [1.54, 1.807) is 19.1 Å². The summed E-state index contributed by atoms with van der Waals surface area (Å²) in [5.41, 5.74) is 2.59. The van der Waals surface area contributed by atoms with Crippen LogP contribution in [0.2, 0.25) is 0 Å². The van der Waals surface area contributed by atoms with E-state index in [-0.39, 0.29) is 5.91 Å². The summed E-state index contributed by atoms with van der Waals surface area (Å²) in [6, 6.07) is 23.5. The Kier molecular flexibility index (Phi) is 7.45. The predicted octanol–water partition coefficient (Wildman–Crippen LogP) is 5.04. The summed E-state index contributed by atoms with van der Waals surface area (Å²) in [4.78, 5) is 23.0. The van der Waals surface area contributed by atoms with Crippen molar-refractivity contribution >= 4 is 32.6 Å². The topological polar surface area (TPSA) is 54.9 Å². The van der Waals surface area contributed by atoms with Gasteiger partial charge >= 0.3 is 0 Å². The molecule has 6 nitrogen and oxygen atoms in total. The molecule has 0 N–H and O–H groups in total. The maximum atomic E-state index is 14.3. The minimum atomic E-state index is -0.444. The lowest BCUT2D eigenvalue weighted by molar-refractivity contribution is -0.119. The summed E-state index contributed by atoms with van der Waals surface area (Å²) < 4.78 is 12.0. The molecule has 0 aliphatic heterocycles. The second-order valence-corrected chi connectivity index (χ2v) is 9.17. The molecule has 1 heterocycles. The van der Waals surface area contributed by atoms with Crippen LogP contribution >= 0.6 is 11.3 Å². The number of anilines is 1. The first-order valence-corrected chi connectivity index (χ1v) is 11.9. The maximum Gasteiger partial charge on any atom is 0.240 e. The summed E-state index contributed by atoms with van der Waals surface area (Å²) in [6.45, 7) is 1.21. The molecule has 176 valence electrons. The van der Waals surface area contributed by atoms with Crippen molar-refractivity contribution in [2.75, 3.05) is 46.3 Å². The minimum absolute atomic E-state index is 0.0174. The number of fused-ring (bicyclic) bond motifs is 1. The van der Waals surface area contributed by atoms with E-state index < -0.39 is 5.92 Å². The Labute approximate surface area is 204 Å². The number of benzene rings is 3. The smallest absolute Gasteiger partial charge is 0.240 e. The Morgan fingerprint density at radius 1 is 0.853 bits per heavy atom. The van der Waals surface area contributed by atoms with Crippen molar-refractivity contribution in [3.05, 3.63) is 83.9 Å². The second-order valence-electron chi connectivity index (χ2n) is 8.19. The molecular weight excluding hydrogens is 446 g/mol. The molecule has 0 unspecified atom stereocenters. The van der Waals surface area contributed by atoms with E-state index in [1.807, 2.05) is 86.9 Å². The quantitative estimate of drug-likeness (QED) is 0.339. The number of ether oxygens (including phenoxy) is 2. The molecule has 0 aliphatic rings. The van der Waals surface area contributed by atoms with Crippen LogP contribution in [-0.2, 0) is 4.79 Å². The number of aromatic nitrogens is 1. The van der Waals surface area contributed by atoms with E-state index in [0.29, 0.717) is 35.2 Å². The molecule has 0 spiro atoms. The van der Waals surface area contributed by atoms with Crippen molar-refractivity contribution in [2.45, 2.75) is 5.92 Å². The average Bonchev–Trinajstić information content (AvgIpc) is 3.30. The van der Waals surface area contributed by atoms with Gasteiger partial charge in [-0.1, -0.05) is 72.0 Å². The highest BCUT2D eigenvalue weighted by atomic mass is 32.1. The first kappa shape index (κ1) is 23.7. The maximum absolute atomic E-state index is 14.3. The van der Waals surface area contributed by atoms with E-state index in [1.165, 1.54) is 11.3 Å². The number of carbonyl (C=O) groups excluding carboxylic acids is 1. The predicted molar refractivity (Wildman–Crippen MR) is 138 cm³/mol. The Hall–Kier alpha value is -3.42. The fraction of sp³-hybridized carbons (Fsp3) is 0.259. The van der Waals surface area contributed by atoms with Gasteiger partial charge in [-0.25, -0.2) is 4.98 Å². The van der Waals surface area contributed by atoms with Gasteiger partial charge in [0.2, 0.25) is 5.91 Å². The summed E-state index contributed by atoms with van der Waals surface area (Å²) in [5.74, 6) is 0.903. The number of hydrogen-bond acceptors (Lipinski definition) is 6. The number of likely N-dealkylation sites (N-methyl/N-ethyl adjacent to an activating group) is 1. The lowest BCUT2D eigenvalue weighted by atomic mass is 9.90. The molecule has 34 heavy (non-hydrogen) atoms. The number of thiazole rings is 1. The number of methoxy groups -OCH3 is 2. The van der Waals surface area contributed by atoms with Gasteiger partial charge in [0.1, 0.15) is 21.7 Å². The van der Waals surface area contributed by atoms with E-state index >= 15 is 0 Å². The first-order chi connectivity index (χ1) is 16.5. The van der Waals surface area contributed by atoms with Gasteiger partial charge in [0.15, 0.2) is 5.13 Å². The highest BCUT2D eigenvalue weighted by molar-refractivity contribution is 7.22. The summed E-state index contributed by atoms with van der Waals surface area (Å²) in [5, 5.41) is 0.626. The van der Waals surface area contributed by atoms with Crippen LogP contribution in [0.5, 0.6) is 11.5 Å². The Bertz CT molecular complexity index is 1160. The van der Waals surface area contributed by atoms with Crippen molar-refractivity contribution in [1.82, 2.24) is 9.88 Å². The van der Waals surface area contributed by atoms with Crippen LogP contribution in [-0.4, -0.2) is 57.2 Å². The number of hydrogen-bond donors (Lipinski definition) is 0. The second kappa shape index (κ2) is 10.7. The molecule has 0 aliphatic carbocycles. The zero-order valence-corrected chi connectivity index (χ0v) is 20.7. The lowest BCUT2D eigenvalue weighted by Crippen LogP contribution is -2.40. The van der Waals surface area contributed by atoms with Crippen molar-refractivity contribution in [2.24, 2.45) is 0 Å². The van der Waals surface area contributed by atoms with Gasteiger partial charge in [0.05, 0.1) is 20.1 Å². The fourth-order valence-electron chi connectivity index (χ4n) is 3.91. The SMILES string of the molecule is COc1ccc(OC)c2sc(N(CCN(C)C)C(=O)C(c3ccccc3)c3ccccc3)nc12. The summed E-state index contributed by atoms with van der Waals surface area (Å²) in [6.07, 6.45) is 0. The van der Waals surface area contributed by atoms with Crippen molar-refractivity contribution in [3.8, 4) is 11.5 Å². The molecule has 0 saturated heterocycles. The number of carbonyl (C=O) groups is 1. The van der Waals surface area contributed by atoms with E-state index in [2.05, 4.69) is 4.90 Å². The standard InChI is InChI=1S/C27H29N3O3S/c1-29(2)17-18-30(27-28-24-21(32-3)15-16-22(33-4)25(24)34-27)26(31)23(19-11-7-5-8-12-19)20-13-9-6-10-14-20/h5-16,23H,17-18H2,1-4H3. The number of rotatable bonds is 9. The molecular formula is C27H29N3O3S. The van der Waals surface area contributed by atoms with Crippen LogP contribution in [0.1, 0.15) is 17.0 Å². The molecule has 0 saturated carbocycles. The van der Waals surface area contributed by atoms with Crippen LogP contribution in [0.15, 0.2) is 72.8 Å². The largest absolute Gasteiger partial charge is 0.495 e. The molecule has 1 aromatic heterocycles. The zero-order chi connectivity index (χ0) is 24.1. The van der Waals surface area contributed by atoms with Gasteiger partial charge in [0.25, 0.3) is 0 Å². The Morgan fingerprint density at radius 2 is 1.41 bits per heavy atom. The van der Waals surface area contributed by atoms with Crippen LogP contribution in [0, 0.1) is 0 Å². The average molecular weight is 476 g/mol. The minimum Gasteiger partial charge on any atom is -0.495 e. The van der Waals surface area contributed by atoms with Gasteiger partial charge in [0, 0.05) is 13.1 Å². The third-order valence-electron chi connectivity index (χ3n) is 5.68. The summed E-state index contributed by atoms with van der Waals surface area (Å²) in [7, 11) is 7.25. The van der Waals surface area contributed by atoms with Gasteiger partial charge in [-0.05, 0) is 37.4 Å². The van der Waals surface area contributed by atoms with E-state index in [9.17, 15) is 4.79 Å². The molecule has 0 radical (unpaired) electrons. The van der Waals surface area contributed by atoms with Gasteiger partial charge in [-0.3, -0.25) is 9.69 Å². The van der Waals surface area contributed by atoms with E-state index in [4.69, 9.17) is 14.5 Å². The van der Waals surface area contributed by atoms with Crippen molar-refractivity contribution in [3.63, 3.8) is 0 Å². The molecule has 0 fully saturated rings. The Balaban J connectivity index is 1.84. The molecule has 3 aromatic carbocycles. The van der Waals surface area contributed by atoms with E-state index in [0.717, 1.165) is 15.8 Å². The van der Waals surface area contributed by atoms with Gasteiger partial charge in [-0.2, -0.15) is 0 Å². The van der Waals surface area contributed by atoms with Crippen LogP contribution in [0.25, 0.3) is 10.2 Å². The van der Waals surface area contributed by atoms with Gasteiger partial charge in [-0.15, -0.1) is 0 Å². The van der Waals surface area contributed by atoms with Crippen molar-refractivity contribution in [1.29, 1.82) is 0 Å². The third-order valence-corrected chi connectivity index (χ3v) is 6.77. The first-order valence-electron chi connectivity index (χ1n) is 11.1. The molecule has 0 bridgehead atoms. The summed E-state index contributed by atoms with van der Waals surface area (Å²) >= 11 is 1.44. The number of nitrogens with zero attached hydrogens (tertiary/aromatic N) is 3. The Morgan fingerprint density at radius 3 is 1.94 bits per heavy atom. The van der Waals surface area contributed by atoms with Crippen LogP contribution in [0.3, 0.4) is 0 Å². The zero-order valence-electron chi connectivity index (χ0n) is 19.9. The molecule has 0 atom stereocenters. The molecule has 7 heteroatoms. The normalized spacial score (nSPS) is 11.2. The molecule has 4 rings (SSSR count). The highest BCUT2D eigenvalue weighted by Gasteiger charge is 2.31. The van der Waals surface area contributed by atoms with Crippen molar-refractivity contribution < 1.29 is 14.3 Å².